The highest BCUT2D eigenvalue weighted by Crippen LogP contribution is 2.41. The maximum absolute atomic E-state index is 11.6. The van der Waals surface area contributed by atoms with E-state index in [0.717, 1.165) is 6.07 Å². The summed E-state index contributed by atoms with van der Waals surface area (Å²) in [6, 6.07) is 5.11. The van der Waals surface area contributed by atoms with Crippen LogP contribution in [-0.4, -0.2) is 37.3 Å². The Morgan fingerprint density at radius 2 is 1.62 bits per heavy atom. The molecule has 1 heterocycles. The molecule has 0 spiro atoms. The van der Waals surface area contributed by atoms with Gasteiger partial charge in [0.1, 0.15) is 0 Å². The topological polar surface area (TPSA) is 141 Å². The van der Waals surface area contributed by atoms with Gasteiger partial charge in [0.05, 0.1) is 33.4 Å². The van der Waals surface area contributed by atoms with Gasteiger partial charge in [-0.3, -0.25) is 15.3 Å². The largest absolute Gasteiger partial charge is 0.478 e. The molecule has 1 aliphatic heterocycles. The minimum Gasteiger partial charge on any atom is -0.478 e. The fraction of sp³-hybridized carbons (Fsp3) is 0.200. The van der Waals surface area contributed by atoms with Gasteiger partial charge in [-0.25, -0.2) is 14.7 Å². The summed E-state index contributed by atoms with van der Waals surface area (Å²) in [6.07, 6.45) is 0. The Kier molecular flexibility index (Phi) is 4.38. The Morgan fingerprint density at radius 3 is 2.04 bits per heavy atom. The zero-order valence-electron chi connectivity index (χ0n) is 12.8. The molecule has 126 valence electrons. The molecule has 3 N–H and O–H groups in total. The van der Waals surface area contributed by atoms with Crippen LogP contribution in [0.3, 0.4) is 0 Å². The van der Waals surface area contributed by atoms with E-state index in [1.165, 1.54) is 32.0 Å². The number of aliphatic carboxylic acids is 2. The van der Waals surface area contributed by atoms with E-state index < -0.39 is 22.8 Å². The van der Waals surface area contributed by atoms with Gasteiger partial charge in [0.2, 0.25) is 0 Å². The smallest absolute Gasteiger partial charge is 0.334 e. The van der Waals surface area contributed by atoms with E-state index in [1.807, 2.05) is 0 Å². The molecule has 0 bridgehead atoms. The molecule has 1 aliphatic rings. The molecule has 1 aromatic rings. The van der Waals surface area contributed by atoms with Gasteiger partial charge < -0.3 is 10.2 Å². The van der Waals surface area contributed by atoms with Crippen molar-refractivity contribution in [3.63, 3.8) is 0 Å². The van der Waals surface area contributed by atoms with Crippen LogP contribution in [-0.2, 0) is 9.59 Å². The van der Waals surface area contributed by atoms with E-state index in [4.69, 9.17) is 0 Å². The molecule has 24 heavy (non-hydrogen) atoms. The number of carbonyl (C=O) groups is 2. The van der Waals surface area contributed by atoms with Crippen molar-refractivity contribution >= 4 is 17.6 Å². The van der Waals surface area contributed by atoms with Gasteiger partial charge in [0.15, 0.2) is 0 Å². The van der Waals surface area contributed by atoms with Crippen LogP contribution in [0.2, 0.25) is 0 Å². The van der Waals surface area contributed by atoms with Crippen LogP contribution in [0.25, 0.3) is 0 Å². The highest BCUT2D eigenvalue weighted by Gasteiger charge is 2.39. The van der Waals surface area contributed by atoms with Gasteiger partial charge in [-0.1, -0.05) is 12.1 Å². The molecule has 0 radical (unpaired) electrons. The van der Waals surface area contributed by atoms with Gasteiger partial charge in [0, 0.05) is 12.1 Å². The Balaban J connectivity index is 2.78. The molecule has 0 saturated heterocycles. The number of allylic oxidation sites excluding steroid dienone is 2. The highest BCUT2D eigenvalue weighted by molar-refractivity contribution is 5.98. The summed E-state index contributed by atoms with van der Waals surface area (Å²) < 4.78 is 0. The molecular weight excluding hydrogens is 320 g/mol. The number of carboxylic acids is 2. The van der Waals surface area contributed by atoms with Crippen molar-refractivity contribution in [1.82, 2.24) is 5.06 Å². The minimum absolute atomic E-state index is 0.0542. The molecule has 0 unspecified atom stereocenters. The molecule has 0 amide bonds. The fourth-order valence-corrected chi connectivity index (χ4v) is 2.75. The standard InChI is InChI=1S/C15H14N2O7/c1-7-11(14(18)19)13(12(15(20)21)8(2)16(7)22)9-4-3-5-10(6-9)17(23)24/h3-6,13,22H,1-2H3,(H,18,19)(H,20,21). The van der Waals surface area contributed by atoms with E-state index in [2.05, 4.69) is 0 Å². The molecule has 9 heteroatoms. The second kappa shape index (κ2) is 6.13. The van der Waals surface area contributed by atoms with Crippen molar-refractivity contribution < 1.29 is 29.9 Å². The maximum atomic E-state index is 11.6. The van der Waals surface area contributed by atoms with Crippen LogP contribution in [0.4, 0.5) is 5.69 Å². The second-order valence-corrected chi connectivity index (χ2v) is 5.21. The second-order valence-electron chi connectivity index (χ2n) is 5.21. The molecule has 0 fully saturated rings. The van der Waals surface area contributed by atoms with Crippen molar-refractivity contribution in [2.75, 3.05) is 0 Å². The van der Waals surface area contributed by atoms with Gasteiger partial charge in [-0.15, -0.1) is 0 Å². The average molecular weight is 334 g/mol. The van der Waals surface area contributed by atoms with Crippen LogP contribution in [0.15, 0.2) is 46.8 Å². The Morgan fingerprint density at radius 1 is 1.12 bits per heavy atom. The number of nitrogens with zero attached hydrogens (tertiary/aromatic N) is 2. The molecule has 1 aromatic carbocycles. The molecule has 0 aromatic heterocycles. The number of carboxylic acid groups (broad SMARTS) is 2. The predicted octanol–water partition coefficient (Wildman–Crippen LogP) is 2.10. The van der Waals surface area contributed by atoms with E-state index in [0.29, 0.717) is 5.06 Å². The number of nitro groups is 1. The third kappa shape index (κ3) is 2.72. The summed E-state index contributed by atoms with van der Waals surface area (Å²) in [6.45, 7) is 2.66. The zero-order chi connectivity index (χ0) is 18.2. The first-order valence-corrected chi connectivity index (χ1v) is 6.78. The van der Waals surface area contributed by atoms with Crippen molar-refractivity contribution in [3.8, 4) is 0 Å². The summed E-state index contributed by atoms with van der Waals surface area (Å²) in [5, 5.41) is 40.4. The highest BCUT2D eigenvalue weighted by atomic mass is 16.6. The SMILES string of the molecule is CC1=C(C(=O)O)C(c2cccc([N+](=O)[O-])c2)C(C(=O)O)=C(C)N1O. The van der Waals surface area contributed by atoms with Gasteiger partial charge >= 0.3 is 11.9 Å². The number of hydroxylamine groups is 2. The molecular formula is C15H14N2O7. The molecule has 0 saturated carbocycles. The first kappa shape index (κ1) is 17.2. The summed E-state index contributed by atoms with van der Waals surface area (Å²) in [5.74, 6) is -4.09. The fourth-order valence-electron chi connectivity index (χ4n) is 2.75. The van der Waals surface area contributed by atoms with Crippen LogP contribution in [0.1, 0.15) is 25.3 Å². The monoisotopic (exact) mass is 334 g/mol. The summed E-state index contributed by atoms with van der Waals surface area (Å²) >= 11 is 0. The third-order valence-electron chi connectivity index (χ3n) is 3.87. The number of hydrogen-bond donors (Lipinski definition) is 3. The predicted molar refractivity (Wildman–Crippen MR) is 80.1 cm³/mol. The molecule has 9 nitrogen and oxygen atoms in total. The zero-order valence-corrected chi connectivity index (χ0v) is 12.8. The Hall–Kier alpha value is -3.20. The van der Waals surface area contributed by atoms with Crippen molar-refractivity contribution in [2.24, 2.45) is 0 Å². The maximum Gasteiger partial charge on any atom is 0.334 e. The van der Waals surface area contributed by atoms with Crippen LogP contribution >= 0.6 is 0 Å². The first-order valence-electron chi connectivity index (χ1n) is 6.78. The lowest BCUT2D eigenvalue weighted by Gasteiger charge is -2.32. The Labute approximate surface area is 135 Å². The van der Waals surface area contributed by atoms with E-state index >= 15 is 0 Å². The van der Waals surface area contributed by atoms with E-state index in [-0.39, 0.29) is 33.8 Å². The summed E-state index contributed by atoms with van der Waals surface area (Å²) in [4.78, 5) is 33.6. The Bertz CT molecular complexity index is 772. The first-order chi connectivity index (χ1) is 11.2. The number of non-ortho nitro benzene ring substituents is 1. The minimum atomic E-state index is -1.42. The molecule has 2 rings (SSSR count). The van der Waals surface area contributed by atoms with Gasteiger partial charge in [-0.05, 0) is 19.4 Å². The number of benzene rings is 1. The number of nitro benzene ring substituents is 1. The quantitative estimate of drug-likeness (QED) is 0.561. The lowest BCUT2D eigenvalue weighted by atomic mass is 9.80. The third-order valence-corrected chi connectivity index (χ3v) is 3.87. The van der Waals surface area contributed by atoms with Crippen molar-refractivity contribution in [1.29, 1.82) is 0 Å². The van der Waals surface area contributed by atoms with Crippen LogP contribution in [0, 0.1) is 10.1 Å². The van der Waals surface area contributed by atoms with Crippen LogP contribution in [0.5, 0.6) is 0 Å². The number of rotatable bonds is 4. The number of hydrogen-bond acceptors (Lipinski definition) is 6. The van der Waals surface area contributed by atoms with E-state index in [9.17, 15) is 35.1 Å². The summed E-state index contributed by atoms with van der Waals surface area (Å²) in [7, 11) is 0. The average Bonchev–Trinajstić information content (AvgIpc) is 2.51. The van der Waals surface area contributed by atoms with Crippen LogP contribution < -0.4 is 0 Å². The normalized spacial score (nSPS) is 15.7. The lowest BCUT2D eigenvalue weighted by molar-refractivity contribution is -0.384. The van der Waals surface area contributed by atoms with Gasteiger partial charge in [0.25, 0.3) is 5.69 Å². The van der Waals surface area contributed by atoms with E-state index in [1.54, 1.807) is 0 Å². The van der Waals surface area contributed by atoms with Gasteiger partial charge in [-0.2, -0.15) is 0 Å². The van der Waals surface area contributed by atoms with Crippen molar-refractivity contribution in [2.45, 2.75) is 19.8 Å². The summed E-state index contributed by atoms with van der Waals surface area (Å²) in [5.41, 5.74) is -0.973. The molecule has 0 atom stereocenters. The van der Waals surface area contributed by atoms with Crippen molar-refractivity contribution in [3.05, 3.63) is 62.5 Å². The molecule has 0 aliphatic carbocycles. The lowest BCUT2D eigenvalue weighted by Crippen LogP contribution is -2.32.